The second-order valence-electron chi connectivity index (χ2n) is 6.07. The number of carbonyl (C=O) groups is 1. The molecule has 0 saturated heterocycles. The van der Waals surface area contributed by atoms with Crippen LogP contribution in [0.5, 0.6) is 0 Å². The Balaban J connectivity index is 3.10. The molecule has 0 aliphatic rings. The summed E-state index contributed by atoms with van der Waals surface area (Å²) in [5.41, 5.74) is 3.89. The maximum Gasteiger partial charge on any atom is 0.131 e. The first kappa shape index (κ1) is 15.7. The van der Waals surface area contributed by atoms with Crippen LogP contribution < -0.4 is 5.32 Å². The van der Waals surface area contributed by atoms with E-state index in [1.165, 1.54) is 16.8 Å². The van der Waals surface area contributed by atoms with E-state index in [0.29, 0.717) is 18.3 Å². The standard InChI is InChI=1S/C17H27NO/c1-11(2)15-8-7-9-16(12(3)4)17(15)18-13(5)10-14(6)19/h7-9,11-13,18H,10H2,1-6H3. The Morgan fingerprint density at radius 3 is 1.89 bits per heavy atom. The van der Waals surface area contributed by atoms with Crippen molar-refractivity contribution in [2.24, 2.45) is 0 Å². The molecule has 1 atom stereocenters. The third-order valence-corrected chi connectivity index (χ3v) is 3.36. The lowest BCUT2D eigenvalue weighted by atomic mass is 9.92. The quantitative estimate of drug-likeness (QED) is 0.803. The van der Waals surface area contributed by atoms with Crippen molar-refractivity contribution in [3.63, 3.8) is 0 Å². The fourth-order valence-electron chi connectivity index (χ4n) is 2.45. The van der Waals surface area contributed by atoms with E-state index in [4.69, 9.17) is 0 Å². The van der Waals surface area contributed by atoms with Crippen molar-refractivity contribution >= 4 is 11.5 Å². The number of para-hydroxylation sites is 1. The van der Waals surface area contributed by atoms with Crippen LogP contribution in [0.1, 0.15) is 70.9 Å². The molecule has 19 heavy (non-hydrogen) atoms. The molecule has 106 valence electrons. The molecule has 0 radical (unpaired) electrons. The SMILES string of the molecule is CC(=O)CC(C)Nc1c(C(C)C)cccc1C(C)C. The summed E-state index contributed by atoms with van der Waals surface area (Å²) in [6, 6.07) is 6.67. The van der Waals surface area contributed by atoms with Crippen LogP contribution in [0.4, 0.5) is 5.69 Å². The predicted molar refractivity (Wildman–Crippen MR) is 83.0 cm³/mol. The van der Waals surface area contributed by atoms with Crippen molar-refractivity contribution < 1.29 is 4.79 Å². The van der Waals surface area contributed by atoms with E-state index in [1.807, 2.05) is 0 Å². The number of ketones is 1. The van der Waals surface area contributed by atoms with Gasteiger partial charge in [-0.3, -0.25) is 4.79 Å². The van der Waals surface area contributed by atoms with Gasteiger partial charge in [0.25, 0.3) is 0 Å². The molecule has 2 heteroatoms. The molecule has 0 amide bonds. The number of nitrogens with one attached hydrogen (secondary N) is 1. The van der Waals surface area contributed by atoms with Crippen molar-refractivity contribution in [3.8, 4) is 0 Å². The summed E-state index contributed by atoms with van der Waals surface area (Å²) in [4.78, 5) is 11.2. The number of rotatable bonds is 6. The number of hydrogen-bond donors (Lipinski definition) is 1. The van der Waals surface area contributed by atoms with Crippen molar-refractivity contribution in [3.05, 3.63) is 29.3 Å². The first-order valence-corrected chi connectivity index (χ1v) is 7.21. The monoisotopic (exact) mass is 261 g/mol. The van der Waals surface area contributed by atoms with E-state index in [2.05, 4.69) is 58.1 Å². The van der Waals surface area contributed by atoms with E-state index in [-0.39, 0.29) is 11.8 Å². The van der Waals surface area contributed by atoms with E-state index < -0.39 is 0 Å². The van der Waals surface area contributed by atoms with Crippen LogP contribution in [-0.4, -0.2) is 11.8 Å². The van der Waals surface area contributed by atoms with Gasteiger partial charge in [-0.2, -0.15) is 0 Å². The smallest absolute Gasteiger partial charge is 0.131 e. The minimum Gasteiger partial charge on any atom is -0.382 e. The summed E-state index contributed by atoms with van der Waals surface area (Å²) >= 11 is 0. The van der Waals surface area contributed by atoms with Gasteiger partial charge in [-0.25, -0.2) is 0 Å². The van der Waals surface area contributed by atoms with Crippen LogP contribution >= 0.6 is 0 Å². The van der Waals surface area contributed by atoms with Gasteiger partial charge in [0, 0.05) is 18.2 Å². The maximum absolute atomic E-state index is 11.2. The van der Waals surface area contributed by atoms with Crippen molar-refractivity contribution in [1.29, 1.82) is 0 Å². The molecule has 0 aliphatic carbocycles. The van der Waals surface area contributed by atoms with E-state index in [0.717, 1.165) is 0 Å². The second-order valence-corrected chi connectivity index (χ2v) is 6.07. The number of anilines is 1. The Hall–Kier alpha value is -1.31. The average Bonchev–Trinajstić information content (AvgIpc) is 2.27. The molecule has 1 unspecified atom stereocenters. The molecule has 0 aliphatic heterocycles. The Morgan fingerprint density at radius 2 is 1.53 bits per heavy atom. The topological polar surface area (TPSA) is 29.1 Å². The van der Waals surface area contributed by atoms with Gasteiger partial charge in [0.2, 0.25) is 0 Å². The number of benzene rings is 1. The highest BCUT2D eigenvalue weighted by molar-refractivity contribution is 5.76. The van der Waals surface area contributed by atoms with Crippen LogP contribution in [-0.2, 0) is 4.79 Å². The van der Waals surface area contributed by atoms with Gasteiger partial charge in [0.15, 0.2) is 0 Å². The molecule has 1 N–H and O–H groups in total. The van der Waals surface area contributed by atoms with Gasteiger partial charge in [0.1, 0.15) is 5.78 Å². The molecular weight excluding hydrogens is 234 g/mol. The highest BCUT2D eigenvalue weighted by atomic mass is 16.1. The zero-order valence-corrected chi connectivity index (χ0v) is 13.1. The summed E-state index contributed by atoms with van der Waals surface area (Å²) in [7, 11) is 0. The Labute approximate surface area is 117 Å². The van der Waals surface area contributed by atoms with Gasteiger partial charge in [-0.15, -0.1) is 0 Å². The fraction of sp³-hybridized carbons (Fsp3) is 0.588. The average molecular weight is 261 g/mol. The van der Waals surface area contributed by atoms with Crippen LogP contribution in [0, 0.1) is 0 Å². The molecule has 1 rings (SSSR count). The van der Waals surface area contributed by atoms with Crippen LogP contribution in [0.2, 0.25) is 0 Å². The van der Waals surface area contributed by atoms with Gasteiger partial charge in [-0.05, 0) is 36.8 Å². The molecule has 0 bridgehead atoms. The molecule has 0 saturated carbocycles. The third-order valence-electron chi connectivity index (χ3n) is 3.36. The highest BCUT2D eigenvalue weighted by Gasteiger charge is 2.15. The largest absolute Gasteiger partial charge is 0.382 e. The Morgan fingerprint density at radius 1 is 1.05 bits per heavy atom. The lowest BCUT2D eigenvalue weighted by Crippen LogP contribution is -2.20. The lowest BCUT2D eigenvalue weighted by molar-refractivity contribution is -0.117. The summed E-state index contributed by atoms with van der Waals surface area (Å²) in [6.45, 7) is 12.6. The lowest BCUT2D eigenvalue weighted by Gasteiger charge is -2.24. The number of carbonyl (C=O) groups excluding carboxylic acids is 1. The molecule has 0 aromatic heterocycles. The summed E-state index contributed by atoms with van der Waals surface area (Å²) < 4.78 is 0. The first-order chi connectivity index (χ1) is 8.82. The van der Waals surface area contributed by atoms with Crippen molar-refractivity contribution in [1.82, 2.24) is 0 Å². The molecule has 0 fully saturated rings. The highest BCUT2D eigenvalue weighted by Crippen LogP contribution is 2.32. The first-order valence-electron chi connectivity index (χ1n) is 7.21. The minimum atomic E-state index is 0.176. The third kappa shape index (κ3) is 4.38. The van der Waals surface area contributed by atoms with E-state index in [1.54, 1.807) is 6.92 Å². The predicted octanol–water partition coefficient (Wildman–Crippen LogP) is 4.71. The second kappa shape index (κ2) is 6.74. The summed E-state index contributed by atoms with van der Waals surface area (Å²) in [5.74, 6) is 1.18. The van der Waals surface area contributed by atoms with Crippen molar-refractivity contribution in [2.45, 2.75) is 65.8 Å². The molecule has 0 heterocycles. The Kier molecular flexibility index (Phi) is 5.59. The van der Waals surface area contributed by atoms with Gasteiger partial charge in [0.05, 0.1) is 0 Å². The molecule has 2 nitrogen and oxygen atoms in total. The van der Waals surface area contributed by atoms with E-state index in [9.17, 15) is 4.79 Å². The van der Waals surface area contributed by atoms with Crippen LogP contribution in [0.25, 0.3) is 0 Å². The number of hydrogen-bond acceptors (Lipinski definition) is 2. The molecule has 0 spiro atoms. The van der Waals surface area contributed by atoms with E-state index >= 15 is 0 Å². The minimum absolute atomic E-state index is 0.176. The number of Topliss-reactive ketones (excluding diaryl/α,β-unsaturated/α-hetero) is 1. The van der Waals surface area contributed by atoms with Crippen molar-refractivity contribution in [2.75, 3.05) is 5.32 Å². The zero-order chi connectivity index (χ0) is 14.6. The van der Waals surface area contributed by atoms with Crippen LogP contribution in [0.3, 0.4) is 0 Å². The molecule has 1 aromatic rings. The van der Waals surface area contributed by atoms with Crippen LogP contribution in [0.15, 0.2) is 18.2 Å². The zero-order valence-electron chi connectivity index (χ0n) is 13.1. The van der Waals surface area contributed by atoms with Gasteiger partial charge in [-0.1, -0.05) is 45.9 Å². The van der Waals surface area contributed by atoms with Gasteiger partial charge >= 0.3 is 0 Å². The molecular formula is C17H27NO. The Bertz CT molecular complexity index is 409. The maximum atomic E-state index is 11.2. The molecule has 1 aromatic carbocycles. The normalized spacial score (nSPS) is 12.8. The summed E-state index contributed by atoms with van der Waals surface area (Å²) in [5, 5.41) is 3.55. The van der Waals surface area contributed by atoms with Gasteiger partial charge < -0.3 is 5.32 Å². The summed E-state index contributed by atoms with van der Waals surface area (Å²) in [6.07, 6.45) is 0.573. The fourth-order valence-corrected chi connectivity index (χ4v) is 2.45.